The molecule has 3 N–H and O–H groups in total. The Morgan fingerprint density at radius 3 is 2.56 bits per heavy atom. The molecule has 1 amide bonds. The van der Waals surface area contributed by atoms with E-state index in [-0.39, 0.29) is 18.2 Å². The maximum absolute atomic E-state index is 13.6. The lowest BCUT2D eigenvalue weighted by molar-refractivity contribution is -0.137. The monoisotopic (exact) mass is 473 g/mol. The summed E-state index contributed by atoms with van der Waals surface area (Å²) in [5, 5.41) is 13.2. The SMILES string of the molecule is CC(C)(C)NC(=O)c1cc(-c2ccc3[nH]c(CN4CCC[C@@H]4CO)cc3c2)cc(C(F)(F)F)c1. The highest BCUT2D eigenvalue weighted by Crippen LogP contribution is 2.35. The number of carbonyl (C=O) groups excluding carboxylic acids is 1. The molecule has 34 heavy (non-hydrogen) atoms. The molecule has 1 fully saturated rings. The fourth-order valence-corrected chi connectivity index (χ4v) is 4.49. The lowest BCUT2D eigenvalue weighted by atomic mass is 9.97. The number of benzene rings is 2. The van der Waals surface area contributed by atoms with Crippen LogP contribution < -0.4 is 5.32 Å². The second kappa shape index (κ2) is 9.07. The standard InChI is InChI=1S/C26H30F3N3O2/c1-25(2,3)31-24(34)19-10-17(11-20(12-19)26(27,28)29)16-6-7-23-18(9-16)13-21(30-23)14-32-8-4-5-22(32)15-33/h6-7,9-13,22,30,33H,4-5,8,14-15H2,1-3H3,(H,31,34)/t22-/m1/s1. The van der Waals surface area contributed by atoms with Gasteiger partial charge in [-0.15, -0.1) is 0 Å². The molecule has 5 nitrogen and oxygen atoms in total. The van der Waals surface area contributed by atoms with E-state index in [0.717, 1.165) is 48.1 Å². The third-order valence-corrected chi connectivity index (χ3v) is 6.10. The Morgan fingerprint density at radius 1 is 1.12 bits per heavy atom. The van der Waals surface area contributed by atoms with E-state index in [9.17, 15) is 23.1 Å². The third kappa shape index (κ3) is 5.45. The first kappa shape index (κ1) is 24.3. The van der Waals surface area contributed by atoms with E-state index in [2.05, 4.69) is 15.2 Å². The molecule has 0 bridgehead atoms. The number of aliphatic hydroxyl groups is 1. The van der Waals surface area contributed by atoms with Crippen molar-refractivity contribution < 1.29 is 23.1 Å². The Balaban J connectivity index is 1.68. The molecule has 4 rings (SSSR count). The maximum atomic E-state index is 13.6. The van der Waals surface area contributed by atoms with E-state index < -0.39 is 23.2 Å². The number of alkyl halides is 3. The topological polar surface area (TPSA) is 68.4 Å². The van der Waals surface area contributed by atoms with Gasteiger partial charge in [-0.3, -0.25) is 9.69 Å². The van der Waals surface area contributed by atoms with Crippen molar-refractivity contribution in [3.05, 3.63) is 59.3 Å². The van der Waals surface area contributed by atoms with E-state index in [1.54, 1.807) is 26.8 Å². The van der Waals surface area contributed by atoms with Crippen LogP contribution in [0.15, 0.2) is 42.5 Å². The van der Waals surface area contributed by atoms with Gasteiger partial charge in [0.2, 0.25) is 0 Å². The van der Waals surface area contributed by atoms with E-state index in [1.165, 1.54) is 6.07 Å². The number of rotatable bonds is 5. The van der Waals surface area contributed by atoms with Crippen LogP contribution in [0.2, 0.25) is 0 Å². The first-order chi connectivity index (χ1) is 15.9. The summed E-state index contributed by atoms with van der Waals surface area (Å²) in [5.74, 6) is -0.547. The maximum Gasteiger partial charge on any atom is 0.416 e. The third-order valence-electron chi connectivity index (χ3n) is 6.10. The fourth-order valence-electron chi connectivity index (χ4n) is 4.49. The predicted molar refractivity (Wildman–Crippen MR) is 126 cm³/mol. The molecule has 3 aromatic rings. The Bertz CT molecular complexity index is 1190. The summed E-state index contributed by atoms with van der Waals surface area (Å²) in [6, 6.07) is 11.1. The number of likely N-dealkylation sites (tertiary alicyclic amines) is 1. The predicted octanol–water partition coefficient (Wildman–Crippen LogP) is 5.34. The van der Waals surface area contributed by atoms with Gasteiger partial charge in [0.1, 0.15) is 0 Å². The largest absolute Gasteiger partial charge is 0.416 e. The molecular weight excluding hydrogens is 443 g/mol. The summed E-state index contributed by atoms with van der Waals surface area (Å²) in [4.78, 5) is 18.3. The van der Waals surface area contributed by atoms with Gasteiger partial charge in [-0.05, 0) is 87.7 Å². The number of halogens is 3. The molecule has 0 radical (unpaired) electrons. The molecule has 0 aliphatic carbocycles. The van der Waals surface area contributed by atoms with E-state index >= 15 is 0 Å². The van der Waals surface area contributed by atoms with Crippen LogP contribution >= 0.6 is 0 Å². The van der Waals surface area contributed by atoms with Crippen LogP contribution in [0.5, 0.6) is 0 Å². The molecule has 2 aromatic carbocycles. The van der Waals surface area contributed by atoms with Crippen LogP contribution in [0.4, 0.5) is 13.2 Å². The molecule has 0 saturated carbocycles. The summed E-state index contributed by atoms with van der Waals surface area (Å²) < 4.78 is 40.8. The molecule has 2 heterocycles. The minimum Gasteiger partial charge on any atom is -0.395 e. The minimum absolute atomic E-state index is 0.0290. The minimum atomic E-state index is -4.57. The van der Waals surface area contributed by atoms with Crippen molar-refractivity contribution in [3.63, 3.8) is 0 Å². The molecule has 1 aromatic heterocycles. The highest BCUT2D eigenvalue weighted by atomic mass is 19.4. The van der Waals surface area contributed by atoms with Crippen LogP contribution in [0.3, 0.4) is 0 Å². The zero-order valence-corrected chi connectivity index (χ0v) is 19.6. The smallest absolute Gasteiger partial charge is 0.395 e. The Kier molecular flexibility index (Phi) is 6.48. The molecule has 1 atom stereocenters. The molecular formula is C26H30F3N3O2. The van der Waals surface area contributed by atoms with Crippen LogP contribution in [-0.4, -0.2) is 45.6 Å². The highest BCUT2D eigenvalue weighted by Gasteiger charge is 2.32. The number of aromatic amines is 1. The Morgan fingerprint density at radius 2 is 1.88 bits per heavy atom. The number of fused-ring (bicyclic) bond motifs is 1. The lowest BCUT2D eigenvalue weighted by Crippen LogP contribution is -2.40. The lowest BCUT2D eigenvalue weighted by Gasteiger charge is -2.21. The van der Waals surface area contributed by atoms with Crippen LogP contribution in [0.1, 0.15) is 55.2 Å². The zero-order valence-electron chi connectivity index (χ0n) is 19.6. The van der Waals surface area contributed by atoms with Gasteiger partial charge in [0.25, 0.3) is 5.91 Å². The molecule has 1 saturated heterocycles. The number of carbonyl (C=O) groups is 1. The van der Waals surface area contributed by atoms with Crippen LogP contribution in [-0.2, 0) is 12.7 Å². The zero-order chi connectivity index (χ0) is 24.7. The van der Waals surface area contributed by atoms with Crippen molar-refractivity contribution in [3.8, 4) is 11.1 Å². The first-order valence-electron chi connectivity index (χ1n) is 11.4. The first-order valence-corrected chi connectivity index (χ1v) is 11.4. The average Bonchev–Trinajstić information content (AvgIpc) is 3.37. The summed E-state index contributed by atoms with van der Waals surface area (Å²) in [7, 11) is 0. The van der Waals surface area contributed by atoms with Crippen LogP contribution in [0.25, 0.3) is 22.0 Å². The number of amides is 1. The normalized spacial score (nSPS) is 17.4. The molecule has 1 aliphatic rings. The summed E-state index contributed by atoms with van der Waals surface area (Å²) in [6.45, 7) is 7.07. The molecule has 0 unspecified atom stereocenters. The molecule has 182 valence electrons. The van der Waals surface area contributed by atoms with E-state index in [1.807, 2.05) is 18.2 Å². The number of H-pyrrole nitrogens is 1. The highest BCUT2D eigenvalue weighted by molar-refractivity contribution is 5.96. The van der Waals surface area contributed by atoms with Gasteiger partial charge in [-0.1, -0.05) is 6.07 Å². The number of nitrogens with one attached hydrogen (secondary N) is 2. The number of aromatic nitrogens is 1. The van der Waals surface area contributed by atoms with E-state index in [0.29, 0.717) is 17.7 Å². The summed E-state index contributed by atoms with van der Waals surface area (Å²) in [5.41, 5.74) is 1.34. The van der Waals surface area contributed by atoms with Gasteiger partial charge in [0.05, 0.1) is 12.2 Å². The molecule has 1 aliphatic heterocycles. The van der Waals surface area contributed by atoms with Gasteiger partial charge in [-0.2, -0.15) is 13.2 Å². The van der Waals surface area contributed by atoms with Crippen molar-refractivity contribution >= 4 is 16.8 Å². The second-order valence-corrected chi connectivity index (χ2v) is 10.0. The Hall–Kier alpha value is -2.84. The number of hydrogen-bond acceptors (Lipinski definition) is 3. The number of nitrogens with zero attached hydrogens (tertiary/aromatic N) is 1. The van der Waals surface area contributed by atoms with Crippen molar-refractivity contribution in [2.75, 3.05) is 13.2 Å². The molecule has 8 heteroatoms. The average molecular weight is 474 g/mol. The van der Waals surface area contributed by atoms with Gasteiger partial charge in [0.15, 0.2) is 0 Å². The van der Waals surface area contributed by atoms with Crippen LogP contribution in [0, 0.1) is 0 Å². The van der Waals surface area contributed by atoms with Gasteiger partial charge < -0.3 is 15.4 Å². The van der Waals surface area contributed by atoms with E-state index in [4.69, 9.17) is 0 Å². The second-order valence-electron chi connectivity index (χ2n) is 10.0. The van der Waals surface area contributed by atoms with Gasteiger partial charge in [-0.25, -0.2) is 0 Å². The van der Waals surface area contributed by atoms with Crippen molar-refractivity contribution in [2.45, 2.75) is 57.9 Å². The van der Waals surface area contributed by atoms with Gasteiger partial charge in [0, 0.05) is 40.3 Å². The molecule has 0 spiro atoms. The van der Waals surface area contributed by atoms with Crippen molar-refractivity contribution in [2.24, 2.45) is 0 Å². The summed E-state index contributed by atoms with van der Waals surface area (Å²) >= 11 is 0. The summed E-state index contributed by atoms with van der Waals surface area (Å²) in [6.07, 6.45) is -2.55. The number of aliphatic hydroxyl groups excluding tert-OH is 1. The fraction of sp³-hybridized carbons (Fsp3) is 0.423. The quantitative estimate of drug-likeness (QED) is 0.469. The number of hydrogen-bond donors (Lipinski definition) is 3. The van der Waals surface area contributed by atoms with Crippen molar-refractivity contribution in [1.82, 2.24) is 15.2 Å². The Labute approximate surface area is 197 Å². The van der Waals surface area contributed by atoms with Gasteiger partial charge >= 0.3 is 6.18 Å². The van der Waals surface area contributed by atoms with Crippen molar-refractivity contribution in [1.29, 1.82) is 0 Å².